The largest absolute Gasteiger partial charge is 0.481 e. The van der Waals surface area contributed by atoms with Gasteiger partial charge in [0.1, 0.15) is 5.69 Å². The molecule has 6 nitrogen and oxygen atoms in total. The standard InChI is InChI=1S/C12H12F3N3O3/c13-12(14,15)9-2-1-8(4-16-9)17-11(21)18-5-7(6-18)3-10(19)20/h1-2,4,7H,3,5-6H2,(H,17,21)(H,19,20). The zero-order valence-corrected chi connectivity index (χ0v) is 10.7. The molecule has 2 N–H and O–H groups in total. The van der Waals surface area contributed by atoms with Gasteiger partial charge >= 0.3 is 18.2 Å². The van der Waals surface area contributed by atoms with Crippen molar-refractivity contribution in [3.05, 3.63) is 24.0 Å². The first kappa shape index (κ1) is 15.1. The minimum absolute atomic E-state index is 0.00832. The lowest BCUT2D eigenvalue weighted by atomic mass is 9.97. The molecule has 1 aromatic heterocycles. The van der Waals surface area contributed by atoms with Crippen LogP contribution in [0, 0.1) is 5.92 Å². The maximum Gasteiger partial charge on any atom is 0.433 e. The van der Waals surface area contributed by atoms with Crippen molar-refractivity contribution < 1.29 is 27.9 Å². The molecule has 1 aromatic rings. The molecule has 2 amide bonds. The van der Waals surface area contributed by atoms with Gasteiger partial charge in [-0.2, -0.15) is 13.2 Å². The Morgan fingerprint density at radius 1 is 1.38 bits per heavy atom. The number of rotatable bonds is 3. The van der Waals surface area contributed by atoms with Crippen molar-refractivity contribution in [1.29, 1.82) is 0 Å². The Hall–Kier alpha value is -2.32. The zero-order valence-electron chi connectivity index (χ0n) is 10.7. The van der Waals surface area contributed by atoms with Gasteiger partial charge in [0.2, 0.25) is 0 Å². The SMILES string of the molecule is O=C(O)CC1CN(C(=O)Nc2ccc(C(F)(F)F)nc2)C1. The predicted octanol–water partition coefficient (Wildman–Crippen LogP) is 2.04. The average Bonchev–Trinajstić information content (AvgIpc) is 2.32. The Bertz CT molecular complexity index is 539. The van der Waals surface area contributed by atoms with Gasteiger partial charge in [-0.25, -0.2) is 9.78 Å². The van der Waals surface area contributed by atoms with Crippen LogP contribution in [-0.4, -0.2) is 40.1 Å². The van der Waals surface area contributed by atoms with Gasteiger partial charge in [-0.1, -0.05) is 0 Å². The van der Waals surface area contributed by atoms with Crippen LogP contribution >= 0.6 is 0 Å². The van der Waals surface area contributed by atoms with E-state index in [4.69, 9.17) is 5.11 Å². The van der Waals surface area contributed by atoms with Crippen LogP contribution in [0.3, 0.4) is 0 Å². The van der Waals surface area contributed by atoms with Crippen LogP contribution in [0.15, 0.2) is 18.3 Å². The van der Waals surface area contributed by atoms with Gasteiger partial charge in [0, 0.05) is 19.0 Å². The number of pyridine rings is 1. The lowest BCUT2D eigenvalue weighted by molar-refractivity contribution is -0.141. The molecule has 1 aliphatic rings. The fourth-order valence-corrected chi connectivity index (χ4v) is 1.95. The highest BCUT2D eigenvalue weighted by Crippen LogP contribution is 2.28. The Morgan fingerprint density at radius 2 is 2.05 bits per heavy atom. The zero-order chi connectivity index (χ0) is 15.6. The van der Waals surface area contributed by atoms with E-state index in [9.17, 15) is 22.8 Å². The number of aromatic nitrogens is 1. The molecule has 1 saturated heterocycles. The second-order valence-corrected chi connectivity index (χ2v) is 4.73. The molecule has 0 unspecified atom stereocenters. The number of urea groups is 1. The van der Waals surface area contributed by atoms with E-state index >= 15 is 0 Å². The van der Waals surface area contributed by atoms with Crippen LogP contribution in [0.25, 0.3) is 0 Å². The van der Waals surface area contributed by atoms with Crippen molar-refractivity contribution in [3.63, 3.8) is 0 Å². The second kappa shape index (κ2) is 5.58. The van der Waals surface area contributed by atoms with E-state index in [2.05, 4.69) is 10.3 Å². The van der Waals surface area contributed by atoms with Crippen LogP contribution in [0.4, 0.5) is 23.7 Å². The van der Waals surface area contributed by atoms with Gasteiger partial charge < -0.3 is 15.3 Å². The molecule has 21 heavy (non-hydrogen) atoms. The van der Waals surface area contributed by atoms with Crippen LogP contribution < -0.4 is 5.32 Å². The third kappa shape index (κ3) is 3.83. The molecule has 0 bridgehead atoms. The van der Waals surface area contributed by atoms with Gasteiger partial charge in [-0.05, 0) is 12.1 Å². The lowest BCUT2D eigenvalue weighted by Gasteiger charge is -2.38. The molecular formula is C12H12F3N3O3. The van der Waals surface area contributed by atoms with Crippen molar-refractivity contribution in [2.45, 2.75) is 12.6 Å². The molecule has 0 radical (unpaired) electrons. The Kier molecular flexibility index (Phi) is 4.01. The Balaban J connectivity index is 1.85. The summed E-state index contributed by atoms with van der Waals surface area (Å²) in [5.74, 6) is -1.01. The normalized spacial score (nSPS) is 15.5. The summed E-state index contributed by atoms with van der Waals surface area (Å²) in [6.45, 7) is 0.623. The first-order valence-corrected chi connectivity index (χ1v) is 6.06. The number of hydrogen-bond donors (Lipinski definition) is 2. The van der Waals surface area contributed by atoms with Gasteiger partial charge in [-0.3, -0.25) is 4.79 Å². The maximum atomic E-state index is 12.3. The van der Waals surface area contributed by atoms with Gasteiger partial charge in [0.25, 0.3) is 0 Å². The minimum atomic E-state index is -4.52. The molecule has 0 saturated carbocycles. The van der Waals surface area contributed by atoms with Crippen LogP contribution in [0.5, 0.6) is 0 Å². The number of carbonyl (C=O) groups is 2. The Morgan fingerprint density at radius 3 is 2.52 bits per heavy atom. The summed E-state index contributed by atoms with van der Waals surface area (Å²) < 4.78 is 36.9. The van der Waals surface area contributed by atoms with Gasteiger partial charge in [-0.15, -0.1) is 0 Å². The summed E-state index contributed by atoms with van der Waals surface area (Å²) in [4.78, 5) is 26.8. The minimum Gasteiger partial charge on any atom is -0.481 e. The van der Waals surface area contributed by atoms with E-state index in [1.54, 1.807) is 0 Å². The summed E-state index contributed by atoms with van der Waals surface area (Å²) in [7, 11) is 0. The summed E-state index contributed by atoms with van der Waals surface area (Å²) in [5, 5.41) is 11.0. The topological polar surface area (TPSA) is 82.5 Å². The molecule has 0 spiro atoms. The number of carboxylic acids is 1. The van der Waals surface area contributed by atoms with Gasteiger partial charge in [0.15, 0.2) is 0 Å². The molecule has 1 aliphatic heterocycles. The van der Waals surface area contributed by atoms with Crippen LogP contribution in [0.1, 0.15) is 12.1 Å². The lowest BCUT2D eigenvalue weighted by Crippen LogP contribution is -2.52. The first-order chi connectivity index (χ1) is 9.75. The number of alkyl halides is 3. The number of nitrogens with one attached hydrogen (secondary N) is 1. The number of likely N-dealkylation sites (tertiary alicyclic amines) is 1. The number of anilines is 1. The summed E-state index contributed by atoms with van der Waals surface area (Å²) in [6, 6.07) is 1.40. The molecule has 1 fully saturated rings. The number of amides is 2. The molecule has 0 aromatic carbocycles. The van der Waals surface area contributed by atoms with E-state index in [1.165, 1.54) is 4.90 Å². The van der Waals surface area contributed by atoms with Crippen molar-refractivity contribution in [2.75, 3.05) is 18.4 Å². The van der Waals surface area contributed by atoms with E-state index in [1.807, 2.05) is 0 Å². The van der Waals surface area contributed by atoms with Crippen LogP contribution in [-0.2, 0) is 11.0 Å². The maximum absolute atomic E-state index is 12.3. The van der Waals surface area contributed by atoms with Crippen LogP contribution in [0.2, 0.25) is 0 Å². The quantitative estimate of drug-likeness (QED) is 0.895. The van der Waals surface area contributed by atoms with Crippen molar-refractivity contribution in [3.8, 4) is 0 Å². The third-order valence-corrected chi connectivity index (χ3v) is 3.01. The molecule has 114 valence electrons. The second-order valence-electron chi connectivity index (χ2n) is 4.73. The number of aliphatic carboxylic acids is 1. The van der Waals surface area contributed by atoms with Crippen molar-refractivity contribution in [2.24, 2.45) is 5.92 Å². The number of halogens is 3. The highest BCUT2D eigenvalue weighted by molar-refractivity contribution is 5.89. The van der Waals surface area contributed by atoms with E-state index in [-0.39, 0.29) is 18.0 Å². The smallest absolute Gasteiger partial charge is 0.433 e. The summed E-state index contributed by atoms with van der Waals surface area (Å²) in [6.07, 6.45) is -3.61. The molecule has 9 heteroatoms. The van der Waals surface area contributed by atoms with E-state index in [0.717, 1.165) is 18.3 Å². The molecule has 2 rings (SSSR count). The average molecular weight is 303 g/mol. The monoisotopic (exact) mass is 303 g/mol. The number of carbonyl (C=O) groups excluding carboxylic acids is 1. The molecular weight excluding hydrogens is 291 g/mol. The number of hydrogen-bond acceptors (Lipinski definition) is 3. The van der Waals surface area contributed by atoms with Crippen molar-refractivity contribution in [1.82, 2.24) is 9.88 Å². The van der Waals surface area contributed by atoms with Gasteiger partial charge in [0.05, 0.1) is 18.3 Å². The highest BCUT2D eigenvalue weighted by Gasteiger charge is 2.33. The molecule has 0 atom stereocenters. The number of carboxylic acid groups (broad SMARTS) is 1. The van der Waals surface area contributed by atoms with E-state index < -0.39 is 23.9 Å². The summed E-state index contributed by atoms with van der Waals surface area (Å²) >= 11 is 0. The van der Waals surface area contributed by atoms with Crippen molar-refractivity contribution >= 4 is 17.7 Å². The first-order valence-electron chi connectivity index (χ1n) is 6.06. The highest BCUT2D eigenvalue weighted by atomic mass is 19.4. The third-order valence-electron chi connectivity index (χ3n) is 3.01. The number of nitrogens with zero attached hydrogens (tertiary/aromatic N) is 2. The molecule has 0 aliphatic carbocycles. The Labute approximate surface area is 117 Å². The fraction of sp³-hybridized carbons (Fsp3) is 0.417. The fourth-order valence-electron chi connectivity index (χ4n) is 1.95. The molecule has 2 heterocycles. The predicted molar refractivity (Wildman–Crippen MR) is 65.6 cm³/mol. The summed E-state index contributed by atoms with van der Waals surface area (Å²) in [5.41, 5.74) is -0.888. The van der Waals surface area contributed by atoms with E-state index in [0.29, 0.717) is 13.1 Å².